The lowest BCUT2D eigenvalue weighted by molar-refractivity contribution is 0.250. The normalized spacial score (nSPS) is 16.4. The van der Waals surface area contributed by atoms with Crippen molar-refractivity contribution in [2.45, 2.75) is 131 Å². The first-order chi connectivity index (χ1) is 34.3. The summed E-state index contributed by atoms with van der Waals surface area (Å²) in [6.45, 7) is 32.6. The first kappa shape index (κ1) is 51.0. The van der Waals surface area contributed by atoms with Crippen molar-refractivity contribution in [3.8, 4) is 17.3 Å². The average molecular weight is 975 g/mol. The molecular formula is C55H67B6N5O7. The third-order valence-corrected chi connectivity index (χ3v) is 13.7. The van der Waals surface area contributed by atoms with Gasteiger partial charge in [-0.3, -0.25) is 9.55 Å². The van der Waals surface area contributed by atoms with Gasteiger partial charge in [-0.2, -0.15) is 0 Å². The third kappa shape index (κ3) is 10.1. The van der Waals surface area contributed by atoms with Crippen molar-refractivity contribution in [1.82, 2.24) is 14.5 Å². The Kier molecular flexibility index (Phi) is 13.1. The van der Waals surface area contributed by atoms with Crippen molar-refractivity contribution < 1.29 is 32.2 Å². The van der Waals surface area contributed by atoms with Crippen molar-refractivity contribution in [3.63, 3.8) is 0 Å². The molecule has 73 heavy (non-hydrogen) atoms. The van der Waals surface area contributed by atoms with Gasteiger partial charge >= 0.3 is 42.7 Å². The summed E-state index contributed by atoms with van der Waals surface area (Å²) in [5.74, 6) is 2.14. The molecule has 372 valence electrons. The highest BCUT2D eigenvalue weighted by atomic mass is 16.7. The summed E-state index contributed by atoms with van der Waals surface area (Å²) < 4.78 is 49.8. The summed E-state index contributed by atoms with van der Waals surface area (Å²) in [5.41, 5.74) is 8.55. The number of fused-ring (bicyclic) bond motifs is 4. The van der Waals surface area contributed by atoms with Crippen LogP contribution in [0.3, 0.4) is 0 Å². The van der Waals surface area contributed by atoms with Crippen LogP contribution in [0.2, 0.25) is 21.3 Å². The van der Waals surface area contributed by atoms with Crippen LogP contribution in [0.15, 0.2) is 122 Å². The Morgan fingerprint density at radius 2 is 1.03 bits per heavy atom. The van der Waals surface area contributed by atoms with E-state index in [4.69, 9.17) is 42.1 Å². The lowest BCUT2D eigenvalue weighted by Crippen LogP contribution is -2.62. The molecule has 2 fully saturated rings. The van der Waals surface area contributed by atoms with Crippen LogP contribution in [-0.2, 0) is 32.8 Å². The zero-order valence-electron chi connectivity index (χ0n) is 45.3. The van der Waals surface area contributed by atoms with Gasteiger partial charge in [-0.15, -0.1) is 0 Å². The van der Waals surface area contributed by atoms with E-state index in [0.29, 0.717) is 18.2 Å². The number of nitrogens with zero attached hydrogens (tertiary/aromatic N) is 5. The smallest absolute Gasteiger partial charge is 0.456 e. The number of hydrogen-bond donors (Lipinski definition) is 0. The number of benzene rings is 4. The molecule has 0 N–H and O–H groups in total. The molecule has 0 spiro atoms. The highest BCUT2D eigenvalue weighted by Crippen LogP contribution is 2.46. The molecule has 10 rings (SSSR count). The van der Waals surface area contributed by atoms with Gasteiger partial charge in [0.25, 0.3) is 0 Å². The molecule has 3 aliphatic heterocycles. The topological polar surface area (TPSA) is 102 Å². The molecule has 0 atom stereocenters. The van der Waals surface area contributed by atoms with Crippen LogP contribution < -0.4 is 25.5 Å². The Bertz CT molecular complexity index is 3070. The van der Waals surface area contributed by atoms with E-state index in [2.05, 4.69) is 203 Å². The second-order valence-corrected chi connectivity index (χ2v) is 25.2. The van der Waals surface area contributed by atoms with E-state index in [-0.39, 0.29) is 26.7 Å². The van der Waals surface area contributed by atoms with Crippen LogP contribution in [-0.4, -0.2) is 63.9 Å². The molecule has 12 nitrogen and oxygen atoms in total. The van der Waals surface area contributed by atoms with Crippen LogP contribution in [0.4, 0.5) is 22.7 Å². The molecular weight excluding hydrogens is 908 g/mol. The van der Waals surface area contributed by atoms with E-state index in [0.717, 1.165) is 61.3 Å². The second-order valence-electron chi connectivity index (χ2n) is 25.2. The van der Waals surface area contributed by atoms with Crippen LogP contribution in [0.25, 0.3) is 27.6 Å². The van der Waals surface area contributed by atoms with E-state index in [1.54, 1.807) is 6.20 Å². The number of rotatable bonds is 7. The first-order valence-electron chi connectivity index (χ1n) is 25.7. The van der Waals surface area contributed by atoms with Crippen molar-refractivity contribution >= 4 is 98.2 Å². The summed E-state index contributed by atoms with van der Waals surface area (Å²) in [4.78, 5) is 14.2. The SMILES string of the molecule is CC(C)(C)B1OB(c2cccc(B3OB(C(C)(C)C)OB(C(C)(C)C)O3)c2N2CN(c3cncc(Oc4ccc5c6ccccc6n(-c6cc(C(C)(C)C)ccn6)c5c4)c3)c3ccccc32)OB(C(C)(C)C)O1. The quantitative estimate of drug-likeness (QED) is 0.143. The predicted octanol–water partition coefficient (Wildman–Crippen LogP) is 12.6. The monoisotopic (exact) mass is 976 g/mol. The lowest BCUT2D eigenvalue weighted by atomic mass is 9.49. The molecule has 6 heterocycles. The van der Waals surface area contributed by atoms with E-state index in [9.17, 15) is 0 Å². The number of para-hydroxylation sites is 4. The number of pyridine rings is 2. The minimum absolute atomic E-state index is 0.0421. The molecule has 3 aliphatic rings. The standard InChI is InChI=1S/C55H67B6N5O7/c1-51(2,3)37-29-30-63-49(31-37)66-45-24-17-16-21-41(45)42-28-27-39(33-48(42)66)67-40-32-38(34-62-35-40)64-36-65(47-26-19-18-25-46(47)64)50-43(56-68-58(52(4,5)6)72-59(69-56)53(7,8)9)22-20-23-44(50)57-70-60(54(10,11)12)73-61(71-57)55(13,14)15/h16-35H,36H2,1-15H3. The number of hydrogen-bond acceptors (Lipinski definition) is 11. The predicted molar refractivity (Wildman–Crippen MR) is 303 cm³/mol. The van der Waals surface area contributed by atoms with Crippen LogP contribution >= 0.6 is 0 Å². The van der Waals surface area contributed by atoms with Gasteiger partial charge in [-0.05, 0) is 74.7 Å². The van der Waals surface area contributed by atoms with E-state index in [1.807, 2.05) is 30.6 Å². The molecule has 7 aromatic rings. The minimum atomic E-state index is -0.803. The molecule has 3 aromatic heterocycles. The highest BCUT2D eigenvalue weighted by Gasteiger charge is 2.55. The Balaban J connectivity index is 1.05. The summed E-state index contributed by atoms with van der Waals surface area (Å²) >= 11 is 0. The molecule has 0 unspecified atom stereocenters. The second kappa shape index (κ2) is 18.7. The molecule has 0 radical (unpaired) electrons. The Hall–Kier alpha value is -5.47. The summed E-state index contributed by atoms with van der Waals surface area (Å²) in [7, 11) is -3.85. The van der Waals surface area contributed by atoms with Crippen molar-refractivity contribution in [2.24, 2.45) is 0 Å². The Labute approximate surface area is 434 Å². The lowest BCUT2D eigenvalue weighted by Gasteiger charge is -2.43. The van der Waals surface area contributed by atoms with E-state index in [1.165, 1.54) is 5.56 Å². The summed E-state index contributed by atoms with van der Waals surface area (Å²) in [6, 6.07) is 35.7. The first-order valence-corrected chi connectivity index (χ1v) is 25.7. The van der Waals surface area contributed by atoms with E-state index < -0.39 is 42.7 Å². The van der Waals surface area contributed by atoms with Crippen molar-refractivity contribution in [3.05, 3.63) is 127 Å². The molecule has 0 aliphatic carbocycles. The van der Waals surface area contributed by atoms with Crippen LogP contribution in [0, 0.1) is 0 Å². The van der Waals surface area contributed by atoms with Gasteiger partial charge in [0, 0.05) is 45.7 Å². The van der Waals surface area contributed by atoms with Crippen molar-refractivity contribution in [2.75, 3.05) is 16.5 Å². The molecule has 0 amide bonds. The zero-order valence-corrected chi connectivity index (χ0v) is 45.3. The fraction of sp³-hybridized carbons (Fsp3) is 0.382. The molecule has 2 saturated heterocycles. The molecule has 4 aromatic carbocycles. The Morgan fingerprint density at radius 3 is 1.59 bits per heavy atom. The zero-order chi connectivity index (χ0) is 52.0. The maximum absolute atomic E-state index is 6.90. The summed E-state index contributed by atoms with van der Waals surface area (Å²) in [6.07, 6.45) is 5.55. The van der Waals surface area contributed by atoms with Crippen LogP contribution in [0.1, 0.15) is 109 Å². The number of anilines is 4. The number of aromatic nitrogens is 3. The van der Waals surface area contributed by atoms with E-state index >= 15 is 0 Å². The van der Waals surface area contributed by atoms with Gasteiger partial charge in [-0.25, -0.2) is 4.98 Å². The highest BCUT2D eigenvalue weighted by molar-refractivity contribution is 6.84. The van der Waals surface area contributed by atoms with Gasteiger partial charge in [0.05, 0.1) is 40.5 Å². The fourth-order valence-electron chi connectivity index (χ4n) is 9.71. The average Bonchev–Trinajstić information content (AvgIpc) is 3.88. The fourth-order valence-corrected chi connectivity index (χ4v) is 9.71. The van der Waals surface area contributed by atoms with Gasteiger partial charge in [0.15, 0.2) is 0 Å². The largest absolute Gasteiger partial charge is 0.468 e. The van der Waals surface area contributed by atoms with Crippen molar-refractivity contribution in [1.29, 1.82) is 0 Å². The third-order valence-electron chi connectivity index (χ3n) is 13.7. The van der Waals surface area contributed by atoms with Crippen LogP contribution in [0.5, 0.6) is 11.5 Å². The van der Waals surface area contributed by atoms with Gasteiger partial charge in [-0.1, -0.05) is 152 Å². The van der Waals surface area contributed by atoms with Gasteiger partial charge in [0.1, 0.15) is 24.0 Å². The maximum atomic E-state index is 6.90. The van der Waals surface area contributed by atoms with Gasteiger partial charge < -0.3 is 42.0 Å². The van der Waals surface area contributed by atoms with Gasteiger partial charge in [0.2, 0.25) is 0 Å². The maximum Gasteiger partial charge on any atom is 0.468 e. The molecule has 18 heteroatoms. The summed E-state index contributed by atoms with van der Waals surface area (Å²) in [5, 5.41) is 0.845. The Morgan fingerprint density at radius 1 is 0.493 bits per heavy atom. The number of ether oxygens (including phenoxy) is 1. The molecule has 0 bridgehead atoms. The minimum Gasteiger partial charge on any atom is -0.456 e. The molecule has 0 saturated carbocycles.